The quantitative estimate of drug-likeness (QED) is 0.500. The van der Waals surface area contributed by atoms with E-state index in [4.69, 9.17) is 0 Å². The SMILES string of the molecule is Cc1nc(-c2cccnc2)sc1CNC(=O)Cn1cnc2c1c(=O)n(C)c(=O)n2C. The molecule has 0 saturated heterocycles. The molecule has 10 nitrogen and oxygen atoms in total. The molecule has 30 heavy (non-hydrogen) atoms. The van der Waals surface area contributed by atoms with E-state index in [0.717, 1.165) is 25.7 Å². The highest BCUT2D eigenvalue weighted by Gasteiger charge is 2.16. The number of hydrogen-bond acceptors (Lipinski definition) is 7. The number of aryl methyl sites for hydroxylation is 2. The van der Waals surface area contributed by atoms with Crippen LogP contribution in [-0.2, 0) is 32.0 Å². The number of rotatable bonds is 5. The summed E-state index contributed by atoms with van der Waals surface area (Å²) >= 11 is 1.50. The highest BCUT2D eigenvalue weighted by molar-refractivity contribution is 7.15. The maximum atomic E-state index is 12.5. The normalized spacial score (nSPS) is 11.2. The Morgan fingerprint density at radius 3 is 2.77 bits per heavy atom. The molecule has 0 aromatic carbocycles. The molecule has 4 aromatic heterocycles. The molecule has 11 heteroatoms. The molecule has 1 amide bonds. The minimum Gasteiger partial charge on any atom is -0.350 e. The van der Waals surface area contributed by atoms with Crippen molar-refractivity contribution in [3.63, 3.8) is 0 Å². The highest BCUT2D eigenvalue weighted by Crippen LogP contribution is 2.27. The third-order valence-corrected chi connectivity index (χ3v) is 5.98. The minimum absolute atomic E-state index is 0.0861. The van der Waals surface area contributed by atoms with E-state index in [1.807, 2.05) is 19.1 Å². The van der Waals surface area contributed by atoms with Gasteiger partial charge in [-0.25, -0.2) is 14.8 Å². The molecule has 0 radical (unpaired) electrons. The molecule has 0 fully saturated rings. The Hall–Kier alpha value is -3.60. The summed E-state index contributed by atoms with van der Waals surface area (Å²) in [6, 6.07) is 3.79. The Labute approximate surface area is 174 Å². The predicted octanol–water partition coefficient (Wildman–Crippen LogP) is 0.577. The van der Waals surface area contributed by atoms with Gasteiger partial charge in [0, 0.05) is 36.9 Å². The van der Waals surface area contributed by atoms with Crippen LogP contribution in [0.4, 0.5) is 0 Å². The molecule has 4 heterocycles. The van der Waals surface area contributed by atoms with Crippen molar-refractivity contribution >= 4 is 28.4 Å². The van der Waals surface area contributed by atoms with Gasteiger partial charge in [0.15, 0.2) is 11.2 Å². The van der Waals surface area contributed by atoms with Crippen LogP contribution in [0.1, 0.15) is 10.6 Å². The lowest BCUT2D eigenvalue weighted by molar-refractivity contribution is -0.121. The van der Waals surface area contributed by atoms with Crippen molar-refractivity contribution in [2.75, 3.05) is 0 Å². The van der Waals surface area contributed by atoms with Gasteiger partial charge in [0.25, 0.3) is 5.56 Å². The van der Waals surface area contributed by atoms with Crippen LogP contribution < -0.4 is 16.6 Å². The first-order chi connectivity index (χ1) is 14.4. The lowest BCUT2D eigenvalue weighted by atomic mass is 10.3. The molecule has 0 atom stereocenters. The third kappa shape index (κ3) is 3.43. The second-order valence-electron chi connectivity index (χ2n) is 6.80. The highest BCUT2D eigenvalue weighted by atomic mass is 32.1. The van der Waals surface area contributed by atoms with Crippen molar-refractivity contribution in [1.29, 1.82) is 0 Å². The van der Waals surface area contributed by atoms with Gasteiger partial charge in [-0.2, -0.15) is 0 Å². The zero-order valence-electron chi connectivity index (χ0n) is 16.6. The van der Waals surface area contributed by atoms with E-state index >= 15 is 0 Å². The van der Waals surface area contributed by atoms with Gasteiger partial charge in [-0.1, -0.05) is 0 Å². The molecular weight excluding hydrogens is 406 g/mol. The number of thiazole rings is 1. The molecule has 4 rings (SSSR count). The minimum atomic E-state index is -0.488. The molecule has 154 valence electrons. The molecule has 4 aromatic rings. The summed E-state index contributed by atoms with van der Waals surface area (Å²) in [7, 11) is 2.93. The number of pyridine rings is 1. The van der Waals surface area contributed by atoms with Crippen molar-refractivity contribution in [3.05, 3.63) is 62.3 Å². The number of aromatic nitrogens is 6. The van der Waals surface area contributed by atoms with Crippen LogP contribution in [0.15, 0.2) is 40.4 Å². The van der Waals surface area contributed by atoms with Crippen LogP contribution in [0.5, 0.6) is 0 Å². The summed E-state index contributed by atoms with van der Waals surface area (Å²) in [5.41, 5.74) is 1.27. The topological polar surface area (TPSA) is 117 Å². The predicted molar refractivity (Wildman–Crippen MR) is 112 cm³/mol. The summed E-state index contributed by atoms with van der Waals surface area (Å²) in [5, 5.41) is 3.70. The molecule has 0 aliphatic heterocycles. The van der Waals surface area contributed by atoms with Crippen molar-refractivity contribution in [1.82, 2.24) is 34.0 Å². The van der Waals surface area contributed by atoms with Gasteiger partial charge in [0.1, 0.15) is 11.6 Å². The zero-order chi connectivity index (χ0) is 21.4. The number of nitrogens with zero attached hydrogens (tertiary/aromatic N) is 6. The fourth-order valence-corrected chi connectivity index (χ4v) is 4.10. The van der Waals surface area contributed by atoms with E-state index in [2.05, 4.69) is 20.3 Å². The first kappa shape index (κ1) is 19.7. The fourth-order valence-electron chi connectivity index (χ4n) is 3.11. The number of hydrogen-bond donors (Lipinski definition) is 1. The summed E-state index contributed by atoms with van der Waals surface area (Å²) < 4.78 is 3.73. The smallest absolute Gasteiger partial charge is 0.332 e. The summed E-state index contributed by atoms with van der Waals surface area (Å²) in [6.07, 6.45) is 4.85. The van der Waals surface area contributed by atoms with Crippen LogP contribution >= 0.6 is 11.3 Å². The van der Waals surface area contributed by atoms with Gasteiger partial charge >= 0.3 is 5.69 Å². The van der Waals surface area contributed by atoms with Crippen LogP contribution in [0.2, 0.25) is 0 Å². The van der Waals surface area contributed by atoms with E-state index in [0.29, 0.717) is 6.54 Å². The molecule has 0 unspecified atom stereocenters. The van der Waals surface area contributed by atoms with E-state index in [1.54, 1.807) is 12.4 Å². The Morgan fingerprint density at radius 1 is 1.23 bits per heavy atom. The van der Waals surface area contributed by atoms with Gasteiger partial charge in [-0.15, -0.1) is 11.3 Å². The van der Waals surface area contributed by atoms with E-state index in [-0.39, 0.29) is 23.6 Å². The number of fused-ring (bicyclic) bond motifs is 1. The summed E-state index contributed by atoms with van der Waals surface area (Å²) in [4.78, 5) is 50.7. The number of imidazole rings is 1. The van der Waals surface area contributed by atoms with Crippen LogP contribution in [-0.4, -0.2) is 34.6 Å². The van der Waals surface area contributed by atoms with E-state index < -0.39 is 11.2 Å². The van der Waals surface area contributed by atoms with Crippen LogP contribution in [0, 0.1) is 6.92 Å². The molecule has 1 N–H and O–H groups in total. The molecular formula is C19H19N7O3S. The Bertz CT molecular complexity index is 1360. The molecule has 0 aliphatic carbocycles. The van der Waals surface area contributed by atoms with Crippen LogP contribution in [0.25, 0.3) is 21.7 Å². The molecule has 0 bridgehead atoms. The Kier molecular flexibility index (Phi) is 5.04. The van der Waals surface area contributed by atoms with Crippen molar-refractivity contribution in [2.24, 2.45) is 14.1 Å². The maximum absolute atomic E-state index is 12.5. The van der Waals surface area contributed by atoms with Crippen molar-refractivity contribution in [3.8, 4) is 10.6 Å². The van der Waals surface area contributed by atoms with Crippen LogP contribution in [0.3, 0.4) is 0 Å². The second-order valence-corrected chi connectivity index (χ2v) is 7.88. The number of nitrogens with one attached hydrogen (secondary N) is 1. The first-order valence-electron chi connectivity index (χ1n) is 9.11. The Balaban J connectivity index is 1.51. The van der Waals surface area contributed by atoms with Gasteiger partial charge < -0.3 is 9.88 Å². The van der Waals surface area contributed by atoms with Crippen molar-refractivity contribution in [2.45, 2.75) is 20.0 Å². The maximum Gasteiger partial charge on any atom is 0.332 e. The third-order valence-electron chi connectivity index (χ3n) is 4.78. The van der Waals surface area contributed by atoms with E-state index in [9.17, 15) is 14.4 Å². The first-order valence-corrected chi connectivity index (χ1v) is 9.92. The molecule has 0 spiro atoms. The summed E-state index contributed by atoms with van der Waals surface area (Å²) in [5.74, 6) is -0.277. The van der Waals surface area contributed by atoms with Gasteiger partial charge in [-0.05, 0) is 19.1 Å². The fraction of sp³-hybridized carbons (Fsp3) is 0.263. The lowest BCUT2D eigenvalue weighted by Crippen LogP contribution is -2.38. The molecule has 0 saturated carbocycles. The standard InChI is InChI=1S/C19H19N7O3S/c1-11-13(30-17(23-11)12-5-4-6-20-7-12)8-21-14(27)9-26-10-22-16-15(26)18(28)25(3)19(29)24(16)2/h4-7,10H,8-9H2,1-3H3,(H,21,27). The zero-order valence-corrected chi connectivity index (χ0v) is 17.4. The monoisotopic (exact) mass is 425 g/mol. The largest absolute Gasteiger partial charge is 0.350 e. The average Bonchev–Trinajstić information content (AvgIpc) is 3.33. The van der Waals surface area contributed by atoms with Gasteiger partial charge in [0.05, 0.1) is 18.6 Å². The second kappa shape index (κ2) is 7.67. The van der Waals surface area contributed by atoms with E-state index in [1.165, 1.54) is 40.9 Å². The van der Waals surface area contributed by atoms with Gasteiger partial charge in [0.2, 0.25) is 5.91 Å². The van der Waals surface area contributed by atoms with Gasteiger partial charge in [-0.3, -0.25) is 23.7 Å². The number of amides is 1. The number of carbonyl (C=O) groups excluding carboxylic acids is 1. The average molecular weight is 425 g/mol. The molecule has 0 aliphatic rings. The lowest BCUT2D eigenvalue weighted by Gasteiger charge is -2.07. The van der Waals surface area contributed by atoms with Crippen molar-refractivity contribution < 1.29 is 4.79 Å². The Morgan fingerprint density at radius 2 is 2.03 bits per heavy atom. The summed E-state index contributed by atoms with van der Waals surface area (Å²) in [6.45, 7) is 2.13. The number of carbonyl (C=O) groups is 1.